The summed E-state index contributed by atoms with van der Waals surface area (Å²) in [7, 11) is 0. The Labute approximate surface area is 138 Å². The fourth-order valence-electron chi connectivity index (χ4n) is 3.30. The van der Waals surface area contributed by atoms with Gasteiger partial charge in [-0.05, 0) is 25.0 Å². The van der Waals surface area contributed by atoms with E-state index in [1.165, 1.54) is 11.3 Å². The van der Waals surface area contributed by atoms with E-state index in [9.17, 15) is 4.79 Å². The van der Waals surface area contributed by atoms with Gasteiger partial charge in [-0.15, -0.1) is 11.3 Å². The lowest BCUT2D eigenvalue weighted by Gasteiger charge is -2.31. The third-order valence-electron chi connectivity index (χ3n) is 4.31. The Hall–Kier alpha value is -1.99. The maximum absolute atomic E-state index is 12.7. The monoisotopic (exact) mass is 331 g/mol. The average molecular weight is 331 g/mol. The van der Waals surface area contributed by atoms with Gasteiger partial charge in [0.1, 0.15) is 23.7 Å². The SMILES string of the molecule is O=C(c1cscn1)N1C[C@@H](Oc2cccnc2)[C@H]2OCCC[C@H]21. The smallest absolute Gasteiger partial charge is 0.273 e. The van der Waals surface area contributed by atoms with Gasteiger partial charge in [-0.1, -0.05) is 0 Å². The van der Waals surface area contributed by atoms with Crippen molar-refractivity contribution in [2.45, 2.75) is 31.1 Å². The van der Waals surface area contributed by atoms with Gasteiger partial charge in [0.05, 0.1) is 24.3 Å². The minimum Gasteiger partial charge on any atom is -0.484 e. The lowest BCUT2D eigenvalue weighted by molar-refractivity contribution is -0.0447. The molecular weight excluding hydrogens is 314 g/mol. The van der Waals surface area contributed by atoms with Crippen molar-refractivity contribution in [2.24, 2.45) is 0 Å². The number of carbonyl (C=O) groups excluding carboxylic acids is 1. The summed E-state index contributed by atoms with van der Waals surface area (Å²) >= 11 is 1.43. The van der Waals surface area contributed by atoms with Crippen molar-refractivity contribution >= 4 is 17.2 Å². The molecule has 4 rings (SSSR count). The number of carbonyl (C=O) groups is 1. The highest BCUT2D eigenvalue weighted by Gasteiger charge is 2.47. The van der Waals surface area contributed by atoms with Crippen molar-refractivity contribution in [3.8, 4) is 5.75 Å². The first-order valence-electron chi connectivity index (χ1n) is 7.70. The van der Waals surface area contributed by atoms with Crippen LogP contribution in [0.15, 0.2) is 35.4 Å². The van der Waals surface area contributed by atoms with Crippen molar-refractivity contribution < 1.29 is 14.3 Å². The number of ether oxygens (including phenoxy) is 2. The standard InChI is InChI=1S/C16H17N3O3S/c20-16(12-9-23-10-18-12)19-8-14(15-13(19)4-2-6-21-15)22-11-3-1-5-17-7-11/h1,3,5,7,9-10,13-15H,2,4,6,8H2/t13-,14-,15+/m1/s1. The molecular formula is C16H17N3O3S. The summed E-state index contributed by atoms with van der Waals surface area (Å²) in [5, 5.41) is 1.79. The second kappa shape index (κ2) is 6.25. The Morgan fingerprint density at radius 3 is 3.22 bits per heavy atom. The Kier molecular flexibility index (Phi) is 3.97. The lowest BCUT2D eigenvalue weighted by atomic mass is 10.0. The van der Waals surface area contributed by atoms with Crippen LogP contribution < -0.4 is 4.74 Å². The molecule has 1 amide bonds. The molecule has 2 aromatic rings. The van der Waals surface area contributed by atoms with Crippen molar-refractivity contribution in [3.63, 3.8) is 0 Å². The molecule has 2 aromatic heterocycles. The second-order valence-corrected chi connectivity index (χ2v) is 6.44. The topological polar surface area (TPSA) is 64.6 Å². The minimum atomic E-state index is -0.174. The number of likely N-dealkylation sites (tertiary alicyclic amines) is 1. The molecule has 120 valence electrons. The van der Waals surface area contributed by atoms with E-state index < -0.39 is 0 Å². The molecule has 0 spiro atoms. The molecule has 2 aliphatic heterocycles. The summed E-state index contributed by atoms with van der Waals surface area (Å²) in [6, 6.07) is 3.76. The Balaban J connectivity index is 1.56. The van der Waals surface area contributed by atoms with Crippen LogP contribution in [0.1, 0.15) is 23.3 Å². The zero-order valence-corrected chi connectivity index (χ0v) is 13.3. The average Bonchev–Trinajstić information content (AvgIpc) is 3.24. The molecule has 4 heterocycles. The molecule has 0 aromatic carbocycles. The summed E-state index contributed by atoms with van der Waals surface area (Å²) in [6.45, 7) is 1.23. The van der Waals surface area contributed by atoms with Crippen molar-refractivity contribution in [2.75, 3.05) is 13.2 Å². The number of amides is 1. The molecule has 6 nitrogen and oxygen atoms in total. The number of hydrogen-bond donors (Lipinski definition) is 0. The second-order valence-electron chi connectivity index (χ2n) is 5.72. The first-order chi connectivity index (χ1) is 11.3. The summed E-state index contributed by atoms with van der Waals surface area (Å²) in [5.41, 5.74) is 2.18. The molecule has 23 heavy (non-hydrogen) atoms. The van der Waals surface area contributed by atoms with Crippen molar-refractivity contribution in [1.82, 2.24) is 14.9 Å². The predicted molar refractivity (Wildman–Crippen MR) is 84.6 cm³/mol. The van der Waals surface area contributed by atoms with Gasteiger partial charge in [0.25, 0.3) is 5.91 Å². The lowest BCUT2D eigenvalue weighted by Crippen LogP contribution is -2.44. The Morgan fingerprint density at radius 2 is 2.43 bits per heavy atom. The first-order valence-corrected chi connectivity index (χ1v) is 8.64. The highest BCUT2D eigenvalue weighted by molar-refractivity contribution is 7.07. The molecule has 0 N–H and O–H groups in total. The largest absolute Gasteiger partial charge is 0.484 e. The van der Waals surface area contributed by atoms with Crippen LogP contribution in [0.2, 0.25) is 0 Å². The van der Waals surface area contributed by atoms with Gasteiger partial charge in [0.15, 0.2) is 0 Å². The first kappa shape index (κ1) is 14.6. The number of thiazole rings is 1. The van der Waals surface area contributed by atoms with E-state index in [0.717, 1.165) is 12.8 Å². The summed E-state index contributed by atoms with van der Waals surface area (Å²) in [6.07, 6.45) is 5.02. The molecule has 2 fully saturated rings. The molecule has 0 bridgehead atoms. The van der Waals surface area contributed by atoms with Gasteiger partial charge in [-0.3, -0.25) is 9.78 Å². The highest BCUT2D eigenvalue weighted by Crippen LogP contribution is 2.32. The van der Waals surface area contributed by atoms with Gasteiger partial charge in [-0.25, -0.2) is 4.98 Å². The quantitative estimate of drug-likeness (QED) is 0.860. The summed E-state index contributed by atoms with van der Waals surface area (Å²) in [5.74, 6) is 0.664. The van der Waals surface area contributed by atoms with Crippen LogP contribution in [-0.2, 0) is 4.74 Å². The fraction of sp³-hybridized carbons (Fsp3) is 0.438. The van der Waals surface area contributed by atoms with E-state index in [1.807, 2.05) is 17.0 Å². The van der Waals surface area contributed by atoms with Crippen molar-refractivity contribution in [1.29, 1.82) is 0 Å². The van der Waals surface area contributed by atoms with E-state index in [1.54, 1.807) is 23.3 Å². The number of nitrogens with zero attached hydrogens (tertiary/aromatic N) is 3. The van der Waals surface area contributed by atoms with E-state index in [-0.39, 0.29) is 24.2 Å². The van der Waals surface area contributed by atoms with Crippen LogP contribution >= 0.6 is 11.3 Å². The third-order valence-corrected chi connectivity index (χ3v) is 4.90. The highest BCUT2D eigenvalue weighted by atomic mass is 32.1. The van der Waals surface area contributed by atoms with E-state index in [0.29, 0.717) is 24.6 Å². The van der Waals surface area contributed by atoms with E-state index in [4.69, 9.17) is 9.47 Å². The summed E-state index contributed by atoms with van der Waals surface area (Å²) < 4.78 is 12.0. The van der Waals surface area contributed by atoms with Crippen LogP contribution in [-0.4, -0.2) is 52.2 Å². The van der Waals surface area contributed by atoms with E-state index in [2.05, 4.69) is 9.97 Å². The number of aromatic nitrogens is 2. The van der Waals surface area contributed by atoms with Crippen LogP contribution in [0.5, 0.6) is 5.75 Å². The van der Waals surface area contributed by atoms with Gasteiger partial charge in [0, 0.05) is 18.2 Å². The Morgan fingerprint density at radius 1 is 1.48 bits per heavy atom. The number of hydrogen-bond acceptors (Lipinski definition) is 6. The molecule has 0 aliphatic carbocycles. The minimum absolute atomic E-state index is 0.0379. The van der Waals surface area contributed by atoms with Crippen LogP contribution in [0.3, 0.4) is 0 Å². The Bertz CT molecular complexity index is 664. The van der Waals surface area contributed by atoms with Gasteiger partial charge in [-0.2, -0.15) is 0 Å². The van der Waals surface area contributed by atoms with Gasteiger partial charge >= 0.3 is 0 Å². The molecule has 2 saturated heterocycles. The maximum atomic E-state index is 12.7. The third kappa shape index (κ3) is 2.82. The van der Waals surface area contributed by atoms with Gasteiger partial charge in [0.2, 0.25) is 0 Å². The van der Waals surface area contributed by atoms with E-state index >= 15 is 0 Å². The van der Waals surface area contributed by atoms with Crippen LogP contribution in [0.25, 0.3) is 0 Å². The van der Waals surface area contributed by atoms with Crippen molar-refractivity contribution in [3.05, 3.63) is 41.1 Å². The molecule has 0 saturated carbocycles. The molecule has 0 unspecified atom stereocenters. The fourth-order valence-corrected chi connectivity index (χ4v) is 3.83. The van der Waals surface area contributed by atoms with Crippen LogP contribution in [0.4, 0.5) is 0 Å². The zero-order chi connectivity index (χ0) is 15.6. The predicted octanol–water partition coefficient (Wildman–Crippen LogP) is 1.99. The van der Waals surface area contributed by atoms with Crippen LogP contribution in [0, 0.1) is 0 Å². The molecule has 3 atom stereocenters. The molecule has 7 heteroatoms. The van der Waals surface area contributed by atoms with Gasteiger partial charge < -0.3 is 14.4 Å². The zero-order valence-electron chi connectivity index (χ0n) is 12.5. The number of rotatable bonds is 3. The molecule has 2 aliphatic rings. The number of pyridine rings is 1. The normalized spacial score (nSPS) is 26.8. The maximum Gasteiger partial charge on any atom is 0.273 e. The number of fused-ring (bicyclic) bond motifs is 1. The summed E-state index contributed by atoms with van der Waals surface area (Å²) in [4.78, 5) is 22.8. The molecule has 0 radical (unpaired) electrons.